The number of aromatic amines is 1. The first kappa shape index (κ1) is 20.3. The predicted molar refractivity (Wildman–Crippen MR) is 128 cm³/mol. The molecule has 0 aromatic carbocycles. The molecular weight excluding hydrogens is 432 g/mol. The van der Waals surface area contributed by atoms with E-state index in [0.29, 0.717) is 34.9 Å². The number of methoxy groups -OCH3 is 1. The van der Waals surface area contributed by atoms with Gasteiger partial charge in [0.1, 0.15) is 5.65 Å². The predicted octanol–water partition coefficient (Wildman–Crippen LogP) is 3.51. The Morgan fingerprint density at radius 1 is 1.24 bits per heavy atom. The zero-order valence-corrected chi connectivity index (χ0v) is 18.4. The van der Waals surface area contributed by atoms with Crippen LogP contribution in [0.2, 0.25) is 0 Å². The molecule has 0 radical (unpaired) electrons. The number of carbonyl (C=O) groups excluding carboxylic acids is 1. The van der Waals surface area contributed by atoms with E-state index in [1.807, 2.05) is 30.7 Å². The monoisotopic (exact) mass is 454 g/mol. The van der Waals surface area contributed by atoms with Crippen molar-refractivity contribution >= 4 is 34.1 Å². The van der Waals surface area contributed by atoms with Crippen LogP contribution in [0.4, 0.5) is 11.6 Å². The molecule has 0 bridgehead atoms. The van der Waals surface area contributed by atoms with Crippen LogP contribution >= 0.6 is 0 Å². The molecule has 0 atom stereocenters. The smallest absolute Gasteiger partial charge is 0.259 e. The molecule has 1 saturated carbocycles. The number of carbonyl (C=O) groups is 1. The lowest BCUT2D eigenvalue weighted by molar-refractivity contribution is 0.0327. The Morgan fingerprint density at radius 2 is 2.15 bits per heavy atom. The third-order valence-electron chi connectivity index (χ3n) is 6.19. The molecule has 6 rings (SSSR count). The maximum absolute atomic E-state index is 12.9. The highest BCUT2D eigenvalue weighted by Gasteiger charge is 2.29. The summed E-state index contributed by atoms with van der Waals surface area (Å²) in [5.74, 6) is 0.353. The number of anilines is 2. The quantitative estimate of drug-likeness (QED) is 0.359. The first-order chi connectivity index (χ1) is 16.7. The first-order valence-electron chi connectivity index (χ1n) is 11.0. The van der Waals surface area contributed by atoms with E-state index >= 15 is 0 Å². The normalized spacial score (nSPS) is 17.6. The fraction of sp³-hybridized carbons (Fsp3) is 0.208. The fourth-order valence-electron chi connectivity index (χ4n) is 4.23. The summed E-state index contributed by atoms with van der Waals surface area (Å²) in [7, 11) is 1.74. The summed E-state index contributed by atoms with van der Waals surface area (Å²) in [5.41, 5.74) is 4.43. The third-order valence-corrected chi connectivity index (χ3v) is 6.19. The number of pyridine rings is 2. The van der Waals surface area contributed by atoms with Crippen molar-refractivity contribution in [3.63, 3.8) is 0 Å². The average molecular weight is 454 g/mol. The Labute approximate surface area is 194 Å². The number of amides is 1. The van der Waals surface area contributed by atoms with Crippen LogP contribution in [-0.2, 0) is 4.74 Å². The summed E-state index contributed by atoms with van der Waals surface area (Å²) >= 11 is 0. The molecule has 1 aliphatic rings. The van der Waals surface area contributed by atoms with Gasteiger partial charge in [0.05, 0.1) is 35.3 Å². The van der Waals surface area contributed by atoms with Crippen molar-refractivity contribution in [1.29, 1.82) is 0 Å². The van der Waals surface area contributed by atoms with Crippen molar-refractivity contribution in [2.45, 2.75) is 25.0 Å². The molecule has 0 spiro atoms. The molecule has 34 heavy (non-hydrogen) atoms. The second kappa shape index (κ2) is 8.23. The number of nitrogens with one attached hydrogen (secondary N) is 3. The van der Waals surface area contributed by atoms with Gasteiger partial charge in [-0.3, -0.25) is 9.78 Å². The van der Waals surface area contributed by atoms with E-state index in [-0.39, 0.29) is 5.91 Å². The largest absolute Gasteiger partial charge is 0.381 e. The van der Waals surface area contributed by atoms with E-state index in [0.717, 1.165) is 35.0 Å². The summed E-state index contributed by atoms with van der Waals surface area (Å²) in [5, 5.41) is 11.4. The van der Waals surface area contributed by atoms with E-state index in [1.165, 1.54) is 0 Å². The van der Waals surface area contributed by atoms with Crippen molar-refractivity contribution in [2.24, 2.45) is 0 Å². The molecule has 5 aromatic rings. The van der Waals surface area contributed by atoms with Gasteiger partial charge >= 0.3 is 0 Å². The number of rotatable bonds is 6. The minimum absolute atomic E-state index is 0.246. The number of fused-ring (bicyclic) bond motifs is 2. The highest BCUT2D eigenvalue weighted by Crippen LogP contribution is 2.30. The Balaban J connectivity index is 1.28. The van der Waals surface area contributed by atoms with Gasteiger partial charge in [-0.25, -0.2) is 9.50 Å². The maximum Gasteiger partial charge on any atom is 0.259 e. The summed E-state index contributed by atoms with van der Waals surface area (Å²) in [6, 6.07) is 7.79. The minimum atomic E-state index is -0.246. The van der Waals surface area contributed by atoms with Crippen LogP contribution in [-0.4, -0.2) is 54.7 Å². The van der Waals surface area contributed by atoms with Crippen LogP contribution in [0.1, 0.15) is 23.2 Å². The van der Waals surface area contributed by atoms with E-state index in [9.17, 15) is 4.79 Å². The van der Waals surface area contributed by atoms with Gasteiger partial charge in [-0.15, -0.1) is 0 Å². The van der Waals surface area contributed by atoms with E-state index in [2.05, 4.69) is 35.7 Å². The summed E-state index contributed by atoms with van der Waals surface area (Å²) in [6.45, 7) is 0. The van der Waals surface area contributed by atoms with Gasteiger partial charge in [0.25, 0.3) is 5.91 Å². The molecule has 1 aliphatic carbocycles. The minimum Gasteiger partial charge on any atom is -0.381 e. The summed E-state index contributed by atoms with van der Waals surface area (Å²) < 4.78 is 7.01. The maximum atomic E-state index is 12.9. The zero-order chi connectivity index (χ0) is 23.1. The topological polar surface area (TPSA) is 122 Å². The van der Waals surface area contributed by atoms with Crippen LogP contribution < -0.4 is 10.6 Å². The van der Waals surface area contributed by atoms with Crippen molar-refractivity contribution in [2.75, 3.05) is 17.7 Å². The Kier molecular flexibility index (Phi) is 4.92. The molecule has 0 unspecified atom stereocenters. The second-order valence-corrected chi connectivity index (χ2v) is 8.33. The van der Waals surface area contributed by atoms with Crippen molar-refractivity contribution < 1.29 is 9.53 Å². The Morgan fingerprint density at radius 3 is 2.97 bits per heavy atom. The molecule has 5 heterocycles. The van der Waals surface area contributed by atoms with Gasteiger partial charge in [-0.2, -0.15) is 10.1 Å². The second-order valence-electron chi connectivity index (χ2n) is 8.33. The molecule has 0 saturated heterocycles. The standard InChI is InChI=1S/C24H22N8O2/c1-34-17-8-16(9-17)30-24-27-12-19-18(11-26-22(19)31-24)14-4-6-32-21(7-14)20(13-28-32)23(33)29-15-3-2-5-25-10-15/h2-7,10-13,16-17H,8-9H2,1H3,(H,29,33)(H2,26,27,30,31)/t16-,17+. The highest BCUT2D eigenvalue weighted by molar-refractivity contribution is 6.09. The molecular formula is C24H22N8O2. The van der Waals surface area contributed by atoms with Crippen LogP contribution in [0, 0.1) is 0 Å². The first-order valence-corrected chi connectivity index (χ1v) is 11.0. The van der Waals surface area contributed by atoms with E-state index in [1.54, 1.807) is 42.3 Å². The lowest BCUT2D eigenvalue weighted by Crippen LogP contribution is -2.40. The summed E-state index contributed by atoms with van der Waals surface area (Å²) in [6.07, 6.45) is 12.6. The van der Waals surface area contributed by atoms with Gasteiger partial charge in [-0.1, -0.05) is 0 Å². The number of aromatic nitrogens is 6. The molecule has 5 aromatic heterocycles. The number of hydrogen-bond acceptors (Lipinski definition) is 7. The van der Waals surface area contributed by atoms with Gasteiger partial charge in [0.2, 0.25) is 5.95 Å². The molecule has 10 nitrogen and oxygen atoms in total. The van der Waals surface area contributed by atoms with Crippen molar-refractivity contribution in [3.05, 3.63) is 67.0 Å². The van der Waals surface area contributed by atoms with Crippen molar-refractivity contribution in [1.82, 2.24) is 29.5 Å². The molecule has 10 heteroatoms. The fourth-order valence-corrected chi connectivity index (χ4v) is 4.23. The molecule has 0 aliphatic heterocycles. The van der Waals surface area contributed by atoms with Gasteiger partial charge in [0.15, 0.2) is 0 Å². The van der Waals surface area contributed by atoms with E-state index < -0.39 is 0 Å². The van der Waals surface area contributed by atoms with Crippen LogP contribution in [0.25, 0.3) is 27.7 Å². The lowest BCUT2D eigenvalue weighted by Gasteiger charge is -2.34. The van der Waals surface area contributed by atoms with Crippen molar-refractivity contribution in [3.8, 4) is 11.1 Å². The van der Waals surface area contributed by atoms with Crippen LogP contribution in [0.3, 0.4) is 0 Å². The molecule has 1 fully saturated rings. The van der Waals surface area contributed by atoms with Gasteiger partial charge in [-0.05, 0) is 42.7 Å². The van der Waals surface area contributed by atoms with Gasteiger partial charge < -0.3 is 20.4 Å². The zero-order valence-electron chi connectivity index (χ0n) is 18.4. The van der Waals surface area contributed by atoms with Gasteiger partial charge in [0, 0.05) is 48.9 Å². The summed E-state index contributed by atoms with van der Waals surface area (Å²) in [4.78, 5) is 29.3. The third kappa shape index (κ3) is 3.63. The van der Waals surface area contributed by atoms with E-state index in [4.69, 9.17) is 4.74 Å². The SMILES string of the molecule is CO[C@H]1C[C@@H](Nc2ncc3c(-c4ccn5ncc(C(=O)Nc6cccnc6)c5c4)c[nH]c3n2)C1. The van der Waals surface area contributed by atoms with Crippen LogP contribution in [0.5, 0.6) is 0 Å². The number of nitrogens with zero attached hydrogens (tertiary/aromatic N) is 5. The molecule has 170 valence electrons. The number of ether oxygens (including phenoxy) is 1. The highest BCUT2D eigenvalue weighted by atomic mass is 16.5. The Bertz CT molecular complexity index is 1490. The number of hydrogen-bond donors (Lipinski definition) is 3. The molecule has 1 amide bonds. The lowest BCUT2D eigenvalue weighted by atomic mass is 9.89. The average Bonchev–Trinajstić information content (AvgIpc) is 3.45. The van der Waals surface area contributed by atoms with Crippen LogP contribution in [0.15, 0.2) is 61.4 Å². The Hall–Kier alpha value is -4.31. The molecule has 3 N–H and O–H groups in total. The number of H-pyrrole nitrogens is 1.